The monoisotopic (exact) mass is 219 g/mol. The summed E-state index contributed by atoms with van der Waals surface area (Å²) in [7, 11) is 0. The number of anilines is 1. The molecule has 0 bridgehead atoms. The number of nitrogens with one attached hydrogen (secondary N) is 1. The summed E-state index contributed by atoms with van der Waals surface area (Å²) in [6.07, 6.45) is 5.36. The SMILES string of the molecule is O=C(O)c1ccc(NCCC2CCC2)cc1. The van der Waals surface area contributed by atoms with Gasteiger partial charge in [-0.2, -0.15) is 0 Å². The zero-order chi connectivity index (χ0) is 11.4. The van der Waals surface area contributed by atoms with Crippen molar-refractivity contribution in [2.75, 3.05) is 11.9 Å². The predicted octanol–water partition coefficient (Wildman–Crippen LogP) is 2.99. The topological polar surface area (TPSA) is 49.3 Å². The Morgan fingerprint density at radius 2 is 2.00 bits per heavy atom. The predicted molar refractivity (Wildman–Crippen MR) is 63.8 cm³/mol. The Labute approximate surface area is 95.5 Å². The van der Waals surface area contributed by atoms with E-state index in [2.05, 4.69) is 5.32 Å². The van der Waals surface area contributed by atoms with E-state index in [-0.39, 0.29) is 0 Å². The van der Waals surface area contributed by atoms with E-state index in [1.54, 1.807) is 12.1 Å². The molecule has 0 aromatic heterocycles. The molecule has 0 saturated heterocycles. The number of rotatable bonds is 5. The molecule has 1 aromatic carbocycles. The summed E-state index contributed by atoms with van der Waals surface area (Å²) in [6, 6.07) is 6.91. The molecule has 0 heterocycles. The summed E-state index contributed by atoms with van der Waals surface area (Å²) in [5, 5.41) is 12.1. The Morgan fingerprint density at radius 3 is 2.50 bits per heavy atom. The lowest BCUT2D eigenvalue weighted by Gasteiger charge is -2.25. The normalized spacial score (nSPS) is 15.5. The van der Waals surface area contributed by atoms with Crippen LogP contribution in [0.2, 0.25) is 0 Å². The fourth-order valence-electron chi connectivity index (χ4n) is 1.93. The van der Waals surface area contributed by atoms with Crippen molar-refractivity contribution in [1.82, 2.24) is 0 Å². The zero-order valence-corrected chi connectivity index (χ0v) is 9.28. The maximum absolute atomic E-state index is 10.6. The summed E-state index contributed by atoms with van der Waals surface area (Å²) in [4.78, 5) is 10.6. The van der Waals surface area contributed by atoms with Crippen LogP contribution in [0.3, 0.4) is 0 Å². The first kappa shape index (κ1) is 11.0. The van der Waals surface area contributed by atoms with Crippen LogP contribution in [0, 0.1) is 5.92 Å². The van der Waals surface area contributed by atoms with Gasteiger partial charge >= 0.3 is 5.97 Å². The standard InChI is InChI=1S/C13H17NO2/c15-13(16)11-4-6-12(7-5-11)14-9-8-10-2-1-3-10/h4-7,10,14H,1-3,8-9H2,(H,15,16). The molecule has 0 atom stereocenters. The smallest absolute Gasteiger partial charge is 0.335 e. The van der Waals surface area contributed by atoms with Crippen LogP contribution in [-0.2, 0) is 0 Å². The van der Waals surface area contributed by atoms with Gasteiger partial charge < -0.3 is 10.4 Å². The second-order valence-electron chi connectivity index (χ2n) is 4.39. The summed E-state index contributed by atoms with van der Waals surface area (Å²) in [5.41, 5.74) is 1.34. The molecule has 0 amide bonds. The lowest BCUT2D eigenvalue weighted by atomic mass is 9.83. The maximum atomic E-state index is 10.6. The first-order valence-corrected chi connectivity index (χ1v) is 5.83. The second kappa shape index (κ2) is 5.01. The third-order valence-corrected chi connectivity index (χ3v) is 3.24. The summed E-state index contributed by atoms with van der Waals surface area (Å²) < 4.78 is 0. The van der Waals surface area contributed by atoms with Gasteiger partial charge in [-0.15, -0.1) is 0 Å². The molecule has 0 unspecified atom stereocenters. The molecule has 0 spiro atoms. The molecule has 1 fully saturated rings. The van der Waals surface area contributed by atoms with Gasteiger partial charge in [0.25, 0.3) is 0 Å². The highest BCUT2D eigenvalue weighted by Gasteiger charge is 2.16. The average Bonchev–Trinajstić information content (AvgIpc) is 2.22. The molecular formula is C13H17NO2. The molecule has 16 heavy (non-hydrogen) atoms. The summed E-state index contributed by atoms with van der Waals surface area (Å²) >= 11 is 0. The fourth-order valence-corrected chi connectivity index (χ4v) is 1.93. The van der Waals surface area contributed by atoms with Gasteiger partial charge in [-0.05, 0) is 36.6 Å². The van der Waals surface area contributed by atoms with Crippen LogP contribution in [0.1, 0.15) is 36.0 Å². The highest BCUT2D eigenvalue weighted by atomic mass is 16.4. The molecule has 3 heteroatoms. The quantitative estimate of drug-likeness (QED) is 0.800. The molecule has 86 valence electrons. The van der Waals surface area contributed by atoms with Gasteiger partial charge in [0.15, 0.2) is 0 Å². The van der Waals surface area contributed by atoms with Crippen LogP contribution in [0.15, 0.2) is 24.3 Å². The minimum absolute atomic E-state index is 0.338. The van der Waals surface area contributed by atoms with Crippen molar-refractivity contribution in [2.24, 2.45) is 5.92 Å². The van der Waals surface area contributed by atoms with Gasteiger partial charge in [-0.25, -0.2) is 4.79 Å². The Kier molecular flexibility index (Phi) is 3.44. The third-order valence-electron chi connectivity index (χ3n) is 3.24. The number of hydrogen-bond donors (Lipinski definition) is 2. The first-order chi connectivity index (χ1) is 7.75. The van der Waals surface area contributed by atoms with E-state index in [0.29, 0.717) is 5.56 Å². The molecular weight excluding hydrogens is 202 g/mol. The van der Waals surface area contributed by atoms with Crippen molar-refractivity contribution >= 4 is 11.7 Å². The molecule has 1 aliphatic rings. The van der Waals surface area contributed by atoms with Crippen LogP contribution < -0.4 is 5.32 Å². The second-order valence-corrected chi connectivity index (χ2v) is 4.39. The van der Waals surface area contributed by atoms with Crippen LogP contribution in [-0.4, -0.2) is 17.6 Å². The van der Waals surface area contributed by atoms with Crippen LogP contribution >= 0.6 is 0 Å². The minimum atomic E-state index is -0.874. The molecule has 1 saturated carbocycles. The van der Waals surface area contributed by atoms with Gasteiger partial charge in [0.1, 0.15) is 0 Å². The number of carbonyl (C=O) groups is 1. The molecule has 0 radical (unpaired) electrons. The fraction of sp³-hybridized carbons (Fsp3) is 0.462. The number of aromatic carboxylic acids is 1. The van der Waals surface area contributed by atoms with E-state index < -0.39 is 5.97 Å². The maximum Gasteiger partial charge on any atom is 0.335 e. The lowest BCUT2D eigenvalue weighted by Crippen LogP contribution is -2.15. The van der Waals surface area contributed by atoms with Crippen LogP contribution in [0.5, 0.6) is 0 Å². The van der Waals surface area contributed by atoms with Gasteiger partial charge in [-0.1, -0.05) is 19.3 Å². The van der Waals surface area contributed by atoms with Gasteiger partial charge in [0.05, 0.1) is 5.56 Å². The van der Waals surface area contributed by atoms with Crippen molar-refractivity contribution in [1.29, 1.82) is 0 Å². The Balaban J connectivity index is 1.78. The van der Waals surface area contributed by atoms with Crippen molar-refractivity contribution in [3.05, 3.63) is 29.8 Å². The average molecular weight is 219 g/mol. The van der Waals surface area contributed by atoms with Crippen LogP contribution in [0.25, 0.3) is 0 Å². The lowest BCUT2D eigenvalue weighted by molar-refractivity contribution is 0.0697. The molecule has 2 N–H and O–H groups in total. The van der Waals surface area contributed by atoms with Crippen molar-refractivity contribution in [3.8, 4) is 0 Å². The van der Waals surface area contributed by atoms with E-state index in [1.807, 2.05) is 12.1 Å². The molecule has 3 nitrogen and oxygen atoms in total. The van der Waals surface area contributed by atoms with Crippen LogP contribution in [0.4, 0.5) is 5.69 Å². The van der Waals surface area contributed by atoms with Gasteiger partial charge in [-0.3, -0.25) is 0 Å². The largest absolute Gasteiger partial charge is 0.478 e. The van der Waals surface area contributed by atoms with Gasteiger partial charge in [0, 0.05) is 12.2 Å². The number of benzene rings is 1. The molecule has 1 aliphatic carbocycles. The summed E-state index contributed by atoms with van der Waals surface area (Å²) in [6.45, 7) is 0.983. The summed E-state index contributed by atoms with van der Waals surface area (Å²) in [5.74, 6) is 0.0341. The van der Waals surface area contributed by atoms with Gasteiger partial charge in [0.2, 0.25) is 0 Å². The van der Waals surface area contributed by atoms with Crippen molar-refractivity contribution in [3.63, 3.8) is 0 Å². The zero-order valence-electron chi connectivity index (χ0n) is 9.28. The number of carboxylic acids is 1. The van der Waals surface area contributed by atoms with Crippen molar-refractivity contribution in [2.45, 2.75) is 25.7 Å². The molecule has 1 aromatic rings. The van der Waals surface area contributed by atoms with Crippen molar-refractivity contribution < 1.29 is 9.90 Å². The Morgan fingerprint density at radius 1 is 1.31 bits per heavy atom. The first-order valence-electron chi connectivity index (χ1n) is 5.83. The Hall–Kier alpha value is -1.51. The highest BCUT2D eigenvalue weighted by Crippen LogP contribution is 2.29. The van der Waals surface area contributed by atoms with E-state index in [4.69, 9.17) is 5.11 Å². The van der Waals surface area contributed by atoms with E-state index in [9.17, 15) is 4.79 Å². The van der Waals surface area contributed by atoms with E-state index >= 15 is 0 Å². The van der Waals surface area contributed by atoms with E-state index in [0.717, 1.165) is 18.2 Å². The molecule has 2 rings (SSSR count). The third kappa shape index (κ3) is 2.75. The number of carboxylic acid groups (broad SMARTS) is 1. The van der Waals surface area contributed by atoms with E-state index in [1.165, 1.54) is 25.7 Å². The molecule has 0 aliphatic heterocycles. The Bertz CT molecular complexity index is 355. The number of hydrogen-bond acceptors (Lipinski definition) is 2. The highest BCUT2D eigenvalue weighted by molar-refractivity contribution is 5.87. The minimum Gasteiger partial charge on any atom is -0.478 e.